The first-order chi connectivity index (χ1) is 10.1. The zero-order valence-corrected chi connectivity index (χ0v) is 13.4. The van der Waals surface area contributed by atoms with Crippen molar-refractivity contribution in [1.29, 1.82) is 0 Å². The lowest BCUT2D eigenvalue weighted by Gasteiger charge is -2.22. The van der Waals surface area contributed by atoms with Crippen molar-refractivity contribution in [2.75, 3.05) is 13.7 Å². The Morgan fingerprint density at radius 2 is 1.86 bits per heavy atom. The van der Waals surface area contributed by atoms with E-state index in [-0.39, 0.29) is 18.3 Å². The van der Waals surface area contributed by atoms with Gasteiger partial charge in [-0.3, -0.25) is 9.59 Å². The normalized spacial score (nSPS) is 10.2. The molecule has 0 aliphatic carbocycles. The first-order valence-corrected chi connectivity index (χ1v) is 7.53. The Hall–Kier alpha value is -1.55. The van der Waals surface area contributed by atoms with Gasteiger partial charge in [0.25, 0.3) is 0 Å². The Morgan fingerprint density at radius 3 is 2.43 bits per heavy atom. The standard InChI is InChI=1S/C16H22ClNO3/c1-3-4-5-15(19)18(11-10-16(20)21-2)12-13-6-8-14(17)9-7-13/h6-9H,3-5,10-12H2,1-2H3. The largest absolute Gasteiger partial charge is 0.469 e. The summed E-state index contributed by atoms with van der Waals surface area (Å²) in [7, 11) is 1.35. The van der Waals surface area contributed by atoms with Gasteiger partial charge < -0.3 is 9.64 Å². The third-order valence-electron chi connectivity index (χ3n) is 3.20. The van der Waals surface area contributed by atoms with Crippen LogP contribution in [0.5, 0.6) is 0 Å². The number of nitrogens with zero attached hydrogens (tertiary/aromatic N) is 1. The number of rotatable bonds is 8. The molecule has 21 heavy (non-hydrogen) atoms. The molecule has 0 N–H and O–H groups in total. The van der Waals surface area contributed by atoms with Crippen LogP contribution in [0.2, 0.25) is 5.02 Å². The predicted octanol–water partition coefficient (Wildman–Crippen LogP) is 3.42. The molecule has 0 aliphatic heterocycles. The van der Waals surface area contributed by atoms with E-state index in [0.29, 0.717) is 24.5 Å². The molecule has 0 fully saturated rings. The molecule has 0 radical (unpaired) electrons. The van der Waals surface area contributed by atoms with Gasteiger partial charge in [0.2, 0.25) is 5.91 Å². The average Bonchev–Trinajstić information content (AvgIpc) is 2.50. The van der Waals surface area contributed by atoms with Gasteiger partial charge in [0.1, 0.15) is 0 Å². The van der Waals surface area contributed by atoms with Crippen molar-refractivity contribution in [3.05, 3.63) is 34.9 Å². The number of methoxy groups -OCH3 is 1. The predicted molar refractivity (Wildman–Crippen MR) is 83.0 cm³/mol. The molecule has 5 heteroatoms. The van der Waals surface area contributed by atoms with E-state index >= 15 is 0 Å². The molecule has 0 atom stereocenters. The maximum Gasteiger partial charge on any atom is 0.307 e. The SMILES string of the molecule is CCCCC(=O)N(CCC(=O)OC)Cc1ccc(Cl)cc1. The van der Waals surface area contributed by atoms with Crippen molar-refractivity contribution < 1.29 is 14.3 Å². The summed E-state index contributed by atoms with van der Waals surface area (Å²) < 4.78 is 4.63. The van der Waals surface area contributed by atoms with Crippen molar-refractivity contribution >= 4 is 23.5 Å². The van der Waals surface area contributed by atoms with Crippen molar-refractivity contribution in [2.24, 2.45) is 0 Å². The van der Waals surface area contributed by atoms with Crippen LogP contribution < -0.4 is 0 Å². The number of carbonyl (C=O) groups excluding carboxylic acids is 2. The minimum Gasteiger partial charge on any atom is -0.469 e. The minimum absolute atomic E-state index is 0.0655. The third kappa shape index (κ3) is 6.63. The molecule has 0 spiro atoms. The highest BCUT2D eigenvalue weighted by Gasteiger charge is 2.15. The molecule has 116 valence electrons. The Kier molecular flexibility index (Phi) is 7.83. The number of hydrogen-bond donors (Lipinski definition) is 0. The second kappa shape index (κ2) is 9.40. The van der Waals surface area contributed by atoms with Crippen LogP contribution in [0.3, 0.4) is 0 Å². The van der Waals surface area contributed by atoms with E-state index in [1.165, 1.54) is 7.11 Å². The molecule has 1 aromatic carbocycles. The lowest BCUT2D eigenvalue weighted by molar-refractivity contribution is -0.142. The van der Waals surface area contributed by atoms with Crippen LogP contribution in [0.1, 0.15) is 38.2 Å². The second-order valence-corrected chi connectivity index (χ2v) is 5.31. The molecule has 0 unspecified atom stereocenters. The summed E-state index contributed by atoms with van der Waals surface area (Å²) in [6, 6.07) is 7.37. The smallest absolute Gasteiger partial charge is 0.307 e. The second-order valence-electron chi connectivity index (χ2n) is 4.87. The van der Waals surface area contributed by atoms with Crippen LogP contribution in [0.25, 0.3) is 0 Å². The molecule has 1 rings (SSSR count). The van der Waals surface area contributed by atoms with E-state index < -0.39 is 0 Å². The van der Waals surface area contributed by atoms with Crippen LogP contribution in [0.15, 0.2) is 24.3 Å². The Labute approximate surface area is 131 Å². The van der Waals surface area contributed by atoms with Gasteiger partial charge in [-0.1, -0.05) is 37.1 Å². The van der Waals surface area contributed by atoms with Gasteiger partial charge in [-0.15, -0.1) is 0 Å². The fourth-order valence-electron chi connectivity index (χ4n) is 1.92. The lowest BCUT2D eigenvalue weighted by Crippen LogP contribution is -2.32. The van der Waals surface area contributed by atoms with Crippen LogP contribution in [0.4, 0.5) is 0 Å². The highest BCUT2D eigenvalue weighted by atomic mass is 35.5. The Morgan fingerprint density at radius 1 is 1.19 bits per heavy atom. The average molecular weight is 312 g/mol. The zero-order chi connectivity index (χ0) is 15.7. The zero-order valence-electron chi connectivity index (χ0n) is 12.6. The van der Waals surface area contributed by atoms with E-state index in [0.717, 1.165) is 18.4 Å². The summed E-state index contributed by atoms with van der Waals surface area (Å²) in [6.07, 6.45) is 2.54. The maximum atomic E-state index is 12.2. The molecular weight excluding hydrogens is 290 g/mol. The molecule has 1 aromatic rings. The summed E-state index contributed by atoms with van der Waals surface area (Å²) >= 11 is 5.86. The van der Waals surface area contributed by atoms with Gasteiger partial charge in [-0.2, -0.15) is 0 Å². The van der Waals surface area contributed by atoms with E-state index in [1.807, 2.05) is 19.1 Å². The molecular formula is C16H22ClNO3. The Bertz CT molecular complexity index is 459. The van der Waals surface area contributed by atoms with E-state index in [9.17, 15) is 9.59 Å². The number of amides is 1. The minimum atomic E-state index is -0.306. The summed E-state index contributed by atoms with van der Waals surface area (Å²) in [5.41, 5.74) is 0.995. The van der Waals surface area contributed by atoms with Crippen molar-refractivity contribution in [3.63, 3.8) is 0 Å². The third-order valence-corrected chi connectivity index (χ3v) is 3.45. The van der Waals surface area contributed by atoms with Gasteiger partial charge in [0.15, 0.2) is 0 Å². The summed E-state index contributed by atoms with van der Waals surface area (Å²) in [6.45, 7) is 2.90. The monoisotopic (exact) mass is 311 g/mol. The van der Waals surface area contributed by atoms with E-state index in [2.05, 4.69) is 4.74 Å². The molecule has 0 heterocycles. The highest BCUT2D eigenvalue weighted by Crippen LogP contribution is 2.13. The van der Waals surface area contributed by atoms with Crippen LogP contribution in [0, 0.1) is 0 Å². The maximum absolute atomic E-state index is 12.2. The molecule has 4 nitrogen and oxygen atoms in total. The number of halogens is 1. The van der Waals surface area contributed by atoms with Gasteiger partial charge in [-0.25, -0.2) is 0 Å². The topological polar surface area (TPSA) is 46.6 Å². The number of esters is 1. The molecule has 0 saturated heterocycles. The van der Waals surface area contributed by atoms with Gasteiger partial charge >= 0.3 is 5.97 Å². The van der Waals surface area contributed by atoms with Gasteiger partial charge in [-0.05, 0) is 24.1 Å². The molecule has 0 saturated carbocycles. The van der Waals surface area contributed by atoms with Gasteiger partial charge in [0, 0.05) is 24.5 Å². The summed E-state index contributed by atoms with van der Waals surface area (Å²) in [5, 5.41) is 0.664. The first kappa shape index (κ1) is 17.5. The Balaban J connectivity index is 2.67. The van der Waals surface area contributed by atoms with E-state index in [1.54, 1.807) is 17.0 Å². The number of unbranched alkanes of at least 4 members (excludes halogenated alkanes) is 1. The quantitative estimate of drug-likeness (QED) is 0.691. The van der Waals surface area contributed by atoms with Crippen molar-refractivity contribution in [3.8, 4) is 0 Å². The lowest BCUT2D eigenvalue weighted by atomic mass is 10.1. The summed E-state index contributed by atoms with van der Waals surface area (Å²) in [5.74, 6) is -0.241. The summed E-state index contributed by atoms with van der Waals surface area (Å²) in [4.78, 5) is 25.2. The van der Waals surface area contributed by atoms with E-state index in [4.69, 9.17) is 11.6 Å². The molecule has 0 bridgehead atoms. The molecule has 0 aliphatic rings. The fraction of sp³-hybridized carbons (Fsp3) is 0.500. The number of carbonyl (C=O) groups is 2. The number of ether oxygens (including phenoxy) is 1. The van der Waals surface area contributed by atoms with Crippen LogP contribution >= 0.6 is 11.6 Å². The number of benzene rings is 1. The molecule has 1 amide bonds. The first-order valence-electron chi connectivity index (χ1n) is 7.15. The van der Waals surface area contributed by atoms with Crippen molar-refractivity contribution in [1.82, 2.24) is 4.90 Å². The number of hydrogen-bond acceptors (Lipinski definition) is 3. The van der Waals surface area contributed by atoms with Crippen molar-refractivity contribution in [2.45, 2.75) is 39.2 Å². The van der Waals surface area contributed by atoms with Crippen LogP contribution in [-0.4, -0.2) is 30.4 Å². The van der Waals surface area contributed by atoms with Crippen LogP contribution in [-0.2, 0) is 20.9 Å². The molecule has 0 aromatic heterocycles. The fourth-order valence-corrected chi connectivity index (χ4v) is 2.04. The van der Waals surface area contributed by atoms with Gasteiger partial charge in [0.05, 0.1) is 13.5 Å². The highest BCUT2D eigenvalue weighted by molar-refractivity contribution is 6.30.